The molecule has 3 heterocycles. The summed E-state index contributed by atoms with van der Waals surface area (Å²) >= 11 is 0. The van der Waals surface area contributed by atoms with E-state index in [1.807, 2.05) is 34.9 Å². The Hall–Kier alpha value is -2.48. The first-order valence-electron chi connectivity index (χ1n) is 9.77. The number of benzene rings is 1. The molecule has 0 saturated carbocycles. The van der Waals surface area contributed by atoms with Gasteiger partial charge in [0.05, 0.1) is 19.4 Å². The van der Waals surface area contributed by atoms with E-state index in [9.17, 15) is 0 Å². The fourth-order valence-corrected chi connectivity index (χ4v) is 3.60. The molecule has 1 aliphatic carbocycles. The summed E-state index contributed by atoms with van der Waals surface area (Å²) < 4.78 is 13.1. The predicted molar refractivity (Wildman–Crippen MR) is 107 cm³/mol. The van der Waals surface area contributed by atoms with Gasteiger partial charge < -0.3 is 20.1 Å². The highest BCUT2D eigenvalue weighted by atomic mass is 16.5. The Labute approximate surface area is 165 Å². The molecule has 2 aliphatic rings. The van der Waals surface area contributed by atoms with E-state index in [1.165, 1.54) is 11.1 Å². The van der Waals surface area contributed by atoms with E-state index in [1.54, 1.807) is 6.33 Å². The molecule has 1 aromatic carbocycles. The topological polar surface area (TPSA) is 77.9 Å². The van der Waals surface area contributed by atoms with Crippen LogP contribution in [0.2, 0.25) is 0 Å². The standard InChI is InChI=1S/C16H16N4O.C5H11NO/c17-14-6-7-15(13-4-2-1-3-12(13)14)21-11-5-8-16-19-18-10-20(16)9-11;1-6-2-4-7-5-3-6/h1-5,8-10,14-15H,6-7,17H2;2-5H2,1H3. The SMILES string of the molecule is CN1CCOCC1.NC1CCC(Oc2ccc3nncn3c2)c2ccccc21. The molecule has 1 aliphatic heterocycles. The number of nitrogens with zero attached hydrogens (tertiary/aromatic N) is 4. The summed E-state index contributed by atoms with van der Waals surface area (Å²) in [7, 11) is 2.11. The fourth-order valence-electron chi connectivity index (χ4n) is 3.60. The zero-order chi connectivity index (χ0) is 19.3. The number of rotatable bonds is 2. The lowest BCUT2D eigenvalue weighted by molar-refractivity contribution is 0.0503. The van der Waals surface area contributed by atoms with Crippen molar-refractivity contribution >= 4 is 5.65 Å². The van der Waals surface area contributed by atoms with Crippen molar-refractivity contribution in [1.29, 1.82) is 0 Å². The van der Waals surface area contributed by atoms with Crippen molar-refractivity contribution in [1.82, 2.24) is 19.5 Å². The predicted octanol–water partition coefficient (Wildman–Crippen LogP) is 2.59. The normalized spacial score (nSPS) is 22.2. The van der Waals surface area contributed by atoms with E-state index >= 15 is 0 Å². The van der Waals surface area contributed by atoms with Crippen molar-refractivity contribution in [3.8, 4) is 5.75 Å². The molecule has 5 rings (SSSR count). The Kier molecular flexibility index (Phi) is 5.85. The Morgan fingerprint density at radius 3 is 2.61 bits per heavy atom. The highest BCUT2D eigenvalue weighted by molar-refractivity contribution is 5.40. The number of nitrogens with two attached hydrogens (primary N) is 1. The number of ether oxygens (including phenoxy) is 2. The minimum atomic E-state index is 0.0509. The van der Waals surface area contributed by atoms with Gasteiger partial charge in [-0.1, -0.05) is 24.3 Å². The van der Waals surface area contributed by atoms with Crippen molar-refractivity contribution in [3.63, 3.8) is 0 Å². The maximum absolute atomic E-state index is 6.19. The lowest BCUT2D eigenvalue weighted by atomic mass is 9.86. The summed E-state index contributed by atoms with van der Waals surface area (Å²) in [5, 5.41) is 7.87. The molecule has 0 spiro atoms. The highest BCUT2D eigenvalue weighted by Crippen LogP contribution is 2.37. The van der Waals surface area contributed by atoms with E-state index in [-0.39, 0.29) is 12.1 Å². The smallest absolute Gasteiger partial charge is 0.160 e. The zero-order valence-electron chi connectivity index (χ0n) is 16.2. The Balaban J connectivity index is 0.000000233. The third-order valence-corrected chi connectivity index (χ3v) is 5.26. The van der Waals surface area contributed by atoms with Crippen molar-refractivity contribution in [2.24, 2.45) is 5.73 Å². The number of morpholine rings is 1. The molecule has 28 heavy (non-hydrogen) atoms. The minimum absolute atomic E-state index is 0.0509. The van der Waals surface area contributed by atoms with Crippen molar-refractivity contribution in [2.75, 3.05) is 33.4 Å². The second kappa shape index (κ2) is 8.68. The summed E-state index contributed by atoms with van der Waals surface area (Å²) in [6.45, 7) is 4.02. The largest absolute Gasteiger partial charge is 0.484 e. The van der Waals surface area contributed by atoms with Crippen LogP contribution in [0.4, 0.5) is 0 Å². The van der Waals surface area contributed by atoms with Crippen LogP contribution in [-0.2, 0) is 4.74 Å². The molecule has 1 fully saturated rings. The van der Waals surface area contributed by atoms with Gasteiger partial charge in [-0.05, 0) is 43.1 Å². The highest BCUT2D eigenvalue weighted by Gasteiger charge is 2.26. The van der Waals surface area contributed by atoms with Gasteiger partial charge in [0.1, 0.15) is 18.2 Å². The van der Waals surface area contributed by atoms with Crippen LogP contribution >= 0.6 is 0 Å². The van der Waals surface area contributed by atoms with Gasteiger partial charge in [-0.25, -0.2) is 0 Å². The lowest BCUT2D eigenvalue weighted by Gasteiger charge is -2.29. The molecular formula is C21H27N5O2. The fraction of sp³-hybridized carbons (Fsp3) is 0.429. The third kappa shape index (κ3) is 4.32. The molecule has 0 radical (unpaired) electrons. The average Bonchev–Trinajstić information content (AvgIpc) is 3.19. The number of hydrogen-bond acceptors (Lipinski definition) is 6. The van der Waals surface area contributed by atoms with Crippen LogP contribution in [0.15, 0.2) is 48.9 Å². The molecule has 3 aromatic rings. The van der Waals surface area contributed by atoms with E-state index < -0.39 is 0 Å². The molecule has 0 amide bonds. The zero-order valence-corrected chi connectivity index (χ0v) is 16.2. The van der Waals surface area contributed by atoms with E-state index in [0.717, 1.165) is 50.5 Å². The van der Waals surface area contributed by atoms with E-state index in [4.69, 9.17) is 15.2 Å². The summed E-state index contributed by atoms with van der Waals surface area (Å²) in [5.41, 5.74) is 9.39. The number of aromatic nitrogens is 3. The second-order valence-corrected chi connectivity index (χ2v) is 7.30. The van der Waals surface area contributed by atoms with Gasteiger partial charge in [0.25, 0.3) is 0 Å². The monoisotopic (exact) mass is 381 g/mol. The molecule has 2 atom stereocenters. The number of fused-ring (bicyclic) bond motifs is 2. The molecule has 2 N–H and O–H groups in total. The van der Waals surface area contributed by atoms with Crippen LogP contribution in [0.25, 0.3) is 5.65 Å². The lowest BCUT2D eigenvalue weighted by Crippen LogP contribution is -2.32. The van der Waals surface area contributed by atoms with Crippen LogP contribution in [0, 0.1) is 0 Å². The molecule has 1 saturated heterocycles. The van der Waals surface area contributed by atoms with Crippen molar-refractivity contribution in [3.05, 3.63) is 60.0 Å². The summed E-state index contributed by atoms with van der Waals surface area (Å²) in [4.78, 5) is 2.27. The molecule has 2 unspecified atom stereocenters. The van der Waals surface area contributed by atoms with Crippen LogP contribution in [0.3, 0.4) is 0 Å². The van der Waals surface area contributed by atoms with Gasteiger partial charge in [0.15, 0.2) is 5.65 Å². The maximum atomic E-state index is 6.19. The van der Waals surface area contributed by atoms with Gasteiger partial charge in [-0.2, -0.15) is 0 Å². The summed E-state index contributed by atoms with van der Waals surface area (Å²) in [6.07, 6.45) is 5.50. The molecule has 7 nitrogen and oxygen atoms in total. The second-order valence-electron chi connectivity index (χ2n) is 7.30. The molecule has 2 aromatic heterocycles. The van der Waals surface area contributed by atoms with Gasteiger partial charge in [-0.3, -0.25) is 4.40 Å². The number of pyridine rings is 1. The third-order valence-electron chi connectivity index (χ3n) is 5.26. The van der Waals surface area contributed by atoms with E-state index in [0.29, 0.717) is 0 Å². The minimum Gasteiger partial charge on any atom is -0.484 e. The van der Waals surface area contributed by atoms with Gasteiger partial charge in [0, 0.05) is 19.1 Å². The first kappa shape index (κ1) is 18.9. The molecule has 0 bridgehead atoms. The van der Waals surface area contributed by atoms with Gasteiger partial charge in [-0.15, -0.1) is 10.2 Å². The Morgan fingerprint density at radius 2 is 1.86 bits per heavy atom. The molecular weight excluding hydrogens is 354 g/mol. The average molecular weight is 381 g/mol. The Morgan fingerprint density at radius 1 is 1.07 bits per heavy atom. The van der Waals surface area contributed by atoms with Crippen LogP contribution in [0.5, 0.6) is 5.75 Å². The van der Waals surface area contributed by atoms with Crippen LogP contribution < -0.4 is 10.5 Å². The summed E-state index contributed by atoms with van der Waals surface area (Å²) in [6, 6.07) is 12.2. The first-order chi connectivity index (χ1) is 13.7. The van der Waals surface area contributed by atoms with Crippen LogP contribution in [0.1, 0.15) is 36.1 Å². The Bertz CT molecular complexity index is 906. The van der Waals surface area contributed by atoms with Gasteiger partial charge in [0.2, 0.25) is 0 Å². The first-order valence-corrected chi connectivity index (χ1v) is 9.77. The van der Waals surface area contributed by atoms with Crippen molar-refractivity contribution in [2.45, 2.75) is 25.0 Å². The van der Waals surface area contributed by atoms with Crippen molar-refractivity contribution < 1.29 is 9.47 Å². The maximum Gasteiger partial charge on any atom is 0.160 e. The molecule has 7 heteroatoms. The quantitative estimate of drug-likeness (QED) is 0.735. The molecule has 148 valence electrons. The van der Waals surface area contributed by atoms with Gasteiger partial charge >= 0.3 is 0 Å². The van der Waals surface area contributed by atoms with E-state index in [2.05, 4.69) is 34.3 Å². The number of likely N-dealkylation sites (N-methyl/N-ethyl adjacent to an activating group) is 1. The summed E-state index contributed by atoms with van der Waals surface area (Å²) in [5.74, 6) is 0.817. The number of hydrogen-bond donors (Lipinski definition) is 1. The van der Waals surface area contributed by atoms with Crippen LogP contribution in [-0.4, -0.2) is 52.8 Å².